The molecule has 0 saturated heterocycles. The summed E-state index contributed by atoms with van der Waals surface area (Å²) in [5, 5.41) is 10.7. The van der Waals surface area contributed by atoms with Gasteiger partial charge in [-0.2, -0.15) is 5.90 Å². The molecule has 0 atom stereocenters. The van der Waals surface area contributed by atoms with Gasteiger partial charge in [0.2, 0.25) is 5.75 Å². The van der Waals surface area contributed by atoms with Crippen molar-refractivity contribution in [3.63, 3.8) is 0 Å². The van der Waals surface area contributed by atoms with Crippen LogP contribution in [0.2, 0.25) is 0 Å². The Morgan fingerprint density at radius 3 is 3.00 bits per heavy atom. The van der Waals surface area contributed by atoms with Crippen LogP contribution in [0.5, 0.6) is 5.75 Å². The Balaban J connectivity index is 2.82. The molecule has 0 saturated carbocycles. The number of thiazole rings is 1. The van der Waals surface area contributed by atoms with Crippen molar-refractivity contribution in [2.45, 2.75) is 0 Å². The minimum atomic E-state index is -0.551. The molecule has 2 N–H and O–H groups in total. The summed E-state index contributed by atoms with van der Waals surface area (Å²) in [5.74, 6) is 4.94. The predicted octanol–water partition coefficient (Wildman–Crippen LogP) is 1.46. The normalized spacial score (nSPS) is 10.4. The fourth-order valence-electron chi connectivity index (χ4n) is 1.17. The van der Waals surface area contributed by atoms with E-state index in [2.05, 4.69) is 9.82 Å². The SMILES string of the molecule is NOc1ccc2scnc2c1[N+](=O)[O-]. The van der Waals surface area contributed by atoms with E-state index in [1.165, 1.54) is 22.9 Å². The number of hydrogen-bond acceptors (Lipinski definition) is 6. The maximum Gasteiger partial charge on any atom is 0.340 e. The molecule has 0 unspecified atom stereocenters. The Bertz CT molecular complexity index is 496. The van der Waals surface area contributed by atoms with Gasteiger partial charge in [-0.3, -0.25) is 10.1 Å². The summed E-state index contributed by atoms with van der Waals surface area (Å²) in [6, 6.07) is 3.14. The molecule has 0 aliphatic heterocycles. The van der Waals surface area contributed by atoms with Crippen molar-refractivity contribution >= 4 is 27.2 Å². The molecular weight excluding hydrogens is 206 g/mol. The minimum Gasteiger partial charge on any atom is -0.404 e. The number of hydrogen-bond donors (Lipinski definition) is 1. The van der Waals surface area contributed by atoms with Crippen LogP contribution >= 0.6 is 11.3 Å². The van der Waals surface area contributed by atoms with Crippen LogP contribution in [0.15, 0.2) is 17.6 Å². The van der Waals surface area contributed by atoms with Crippen molar-refractivity contribution in [1.82, 2.24) is 4.98 Å². The van der Waals surface area contributed by atoms with Crippen molar-refractivity contribution in [1.29, 1.82) is 0 Å². The number of aromatic nitrogens is 1. The fraction of sp³-hybridized carbons (Fsp3) is 0. The van der Waals surface area contributed by atoms with E-state index in [0.29, 0.717) is 5.52 Å². The van der Waals surface area contributed by atoms with Crippen LogP contribution in [0.1, 0.15) is 0 Å². The average Bonchev–Trinajstić information content (AvgIpc) is 2.62. The molecule has 0 radical (unpaired) electrons. The van der Waals surface area contributed by atoms with Crippen LogP contribution in [-0.2, 0) is 0 Å². The van der Waals surface area contributed by atoms with E-state index in [0.717, 1.165) is 4.70 Å². The second kappa shape index (κ2) is 3.20. The number of nitro groups is 1. The smallest absolute Gasteiger partial charge is 0.340 e. The Morgan fingerprint density at radius 2 is 2.36 bits per heavy atom. The molecule has 6 nitrogen and oxygen atoms in total. The highest BCUT2D eigenvalue weighted by Gasteiger charge is 2.21. The molecule has 0 aliphatic carbocycles. The Morgan fingerprint density at radius 1 is 1.57 bits per heavy atom. The van der Waals surface area contributed by atoms with Crippen LogP contribution in [0.3, 0.4) is 0 Å². The molecule has 1 heterocycles. The van der Waals surface area contributed by atoms with Crippen molar-refractivity contribution in [2.24, 2.45) is 5.90 Å². The third-order valence-electron chi connectivity index (χ3n) is 1.75. The van der Waals surface area contributed by atoms with E-state index in [4.69, 9.17) is 5.90 Å². The first-order valence-corrected chi connectivity index (χ1v) is 4.49. The molecule has 2 aromatic rings. The summed E-state index contributed by atoms with van der Waals surface area (Å²) in [6.07, 6.45) is 0. The van der Waals surface area contributed by atoms with Gasteiger partial charge in [0, 0.05) is 0 Å². The van der Waals surface area contributed by atoms with Crippen molar-refractivity contribution < 1.29 is 9.76 Å². The molecular formula is C7H5N3O3S. The Kier molecular flexibility index (Phi) is 2.02. The summed E-state index contributed by atoms with van der Waals surface area (Å²) >= 11 is 1.33. The summed E-state index contributed by atoms with van der Waals surface area (Å²) in [5.41, 5.74) is 1.66. The molecule has 0 spiro atoms. The van der Waals surface area contributed by atoms with E-state index in [-0.39, 0.29) is 11.4 Å². The van der Waals surface area contributed by atoms with Crippen LogP contribution in [0, 0.1) is 10.1 Å². The van der Waals surface area contributed by atoms with Gasteiger partial charge >= 0.3 is 5.69 Å². The molecule has 1 aromatic heterocycles. The summed E-state index contributed by atoms with van der Waals surface area (Å²) < 4.78 is 0.734. The van der Waals surface area contributed by atoms with Gasteiger partial charge < -0.3 is 4.84 Å². The first-order chi connectivity index (χ1) is 6.74. The number of nitro benzene ring substituents is 1. The quantitative estimate of drug-likeness (QED) is 0.599. The highest BCUT2D eigenvalue weighted by atomic mass is 32.1. The molecule has 14 heavy (non-hydrogen) atoms. The molecule has 0 bridgehead atoms. The Labute approximate surface area is 82.0 Å². The average molecular weight is 211 g/mol. The number of nitrogens with two attached hydrogens (primary N) is 1. The van der Waals surface area contributed by atoms with E-state index < -0.39 is 4.92 Å². The van der Waals surface area contributed by atoms with Gasteiger partial charge in [-0.15, -0.1) is 11.3 Å². The summed E-state index contributed by atoms with van der Waals surface area (Å²) in [7, 11) is 0. The summed E-state index contributed by atoms with van der Waals surface area (Å²) in [6.45, 7) is 0. The topological polar surface area (TPSA) is 91.3 Å². The number of nitrogens with zero attached hydrogens (tertiary/aromatic N) is 2. The number of fused-ring (bicyclic) bond motifs is 1. The molecule has 2 rings (SSSR count). The van der Waals surface area contributed by atoms with Gasteiger partial charge in [-0.05, 0) is 12.1 Å². The van der Waals surface area contributed by atoms with Crippen LogP contribution in [0.4, 0.5) is 5.69 Å². The number of benzene rings is 1. The molecule has 7 heteroatoms. The zero-order valence-electron chi connectivity index (χ0n) is 6.84. The van der Waals surface area contributed by atoms with Crippen LogP contribution < -0.4 is 10.7 Å². The van der Waals surface area contributed by atoms with Gasteiger partial charge in [-0.25, -0.2) is 4.98 Å². The van der Waals surface area contributed by atoms with Crippen molar-refractivity contribution in [3.8, 4) is 5.75 Å². The zero-order valence-corrected chi connectivity index (χ0v) is 7.65. The third-order valence-corrected chi connectivity index (χ3v) is 2.54. The first-order valence-electron chi connectivity index (χ1n) is 3.61. The highest BCUT2D eigenvalue weighted by molar-refractivity contribution is 7.16. The molecule has 72 valence electrons. The lowest BCUT2D eigenvalue weighted by Gasteiger charge is -1.99. The molecule has 0 amide bonds. The van der Waals surface area contributed by atoms with E-state index >= 15 is 0 Å². The minimum absolute atomic E-state index is 0.0217. The lowest BCUT2D eigenvalue weighted by atomic mass is 10.2. The third kappa shape index (κ3) is 1.19. The maximum atomic E-state index is 10.7. The molecule has 1 aromatic carbocycles. The van der Waals surface area contributed by atoms with Gasteiger partial charge in [0.1, 0.15) is 0 Å². The van der Waals surface area contributed by atoms with Gasteiger partial charge in [0.05, 0.1) is 15.1 Å². The van der Waals surface area contributed by atoms with E-state index in [1.54, 1.807) is 6.07 Å². The zero-order chi connectivity index (χ0) is 10.1. The van der Waals surface area contributed by atoms with Crippen molar-refractivity contribution in [2.75, 3.05) is 0 Å². The monoisotopic (exact) mass is 211 g/mol. The molecule has 0 fully saturated rings. The number of rotatable bonds is 2. The van der Waals surface area contributed by atoms with E-state index in [9.17, 15) is 10.1 Å². The maximum absolute atomic E-state index is 10.7. The Hall–Kier alpha value is -1.73. The highest BCUT2D eigenvalue weighted by Crippen LogP contribution is 2.35. The van der Waals surface area contributed by atoms with Gasteiger partial charge in [-0.1, -0.05) is 0 Å². The van der Waals surface area contributed by atoms with Crippen LogP contribution in [0.25, 0.3) is 10.2 Å². The van der Waals surface area contributed by atoms with E-state index in [1.807, 2.05) is 0 Å². The fourth-order valence-corrected chi connectivity index (χ4v) is 1.85. The van der Waals surface area contributed by atoms with Gasteiger partial charge in [0.25, 0.3) is 0 Å². The van der Waals surface area contributed by atoms with Gasteiger partial charge in [0.15, 0.2) is 5.52 Å². The predicted molar refractivity (Wildman–Crippen MR) is 51.1 cm³/mol. The summed E-state index contributed by atoms with van der Waals surface area (Å²) in [4.78, 5) is 18.5. The first kappa shape index (κ1) is 8.85. The lowest BCUT2D eigenvalue weighted by Crippen LogP contribution is -2.04. The lowest BCUT2D eigenvalue weighted by molar-refractivity contribution is -0.384. The second-order valence-electron chi connectivity index (χ2n) is 2.49. The van der Waals surface area contributed by atoms with Crippen LogP contribution in [-0.4, -0.2) is 9.91 Å². The molecule has 0 aliphatic rings. The standard InChI is InChI=1S/C7H5N3O3S/c8-13-4-1-2-5-6(9-3-14-5)7(4)10(11)12/h1-3H,8H2. The largest absolute Gasteiger partial charge is 0.404 e. The second-order valence-corrected chi connectivity index (χ2v) is 3.37. The van der Waals surface area contributed by atoms with Crippen molar-refractivity contribution in [3.05, 3.63) is 27.8 Å².